The highest BCUT2D eigenvalue weighted by atomic mass is 16.3. The number of amides is 2. The smallest absolute Gasteiger partial charge is 0.251 e. The fourth-order valence-electron chi connectivity index (χ4n) is 2.18. The highest BCUT2D eigenvalue weighted by molar-refractivity contribution is 5.95. The van der Waals surface area contributed by atoms with Crippen molar-refractivity contribution in [2.45, 2.75) is 19.4 Å². The van der Waals surface area contributed by atoms with Gasteiger partial charge >= 0.3 is 0 Å². The van der Waals surface area contributed by atoms with E-state index < -0.39 is 0 Å². The summed E-state index contributed by atoms with van der Waals surface area (Å²) in [6.45, 7) is 1.54. The van der Waals surface area contributed by atoms with E-state index in [0.29, 0.717) is 11.3 Å². The van der Waals surface area contributed by atoms with Gasteiger partial charge in [-0.2, -0.15) is 0 Å². The second-order valence-electron chi connectivity index (χ2n) is 4.90. The quantitative estimate of drug-likeness (QED) is 0.724. The van der Waals surface area contributed by atoms with E-state index in [4.69, 9.17) is 5.11 Å². The van der Waals surface area contributed by atoms with Crippen molar-refractivity contribution in [2.24, 2.45) is 5.92 Å². The molecule has 1 aliphatic rings. The molecule has 0 unspecified atom stereocenters. The van der Waals surface area contributed by atoms with Crippen molar-refractivity contribution in [3.8, 4) is 0 Å². The topological polar surface area (TPSA) is 78.4 Å². The van der Waals surface area contributed by atoms with Crippen LogP contribution in [-0.4, -0.2) is 29.6 Å². The van der Waals surface area contributed by atoms with Crippen molar-refractivity contribution < 1.29 is 14.7 Å². The Kier molecular flexibility index (Phi) is 4.53. The first-order valence-electron chi connectivity index (χ1n) is 6.56. The summed E-state index contributed by atoms with van der Waals surface area (Å²) in [7, 11) is 0. The standard InChI is InChI=1S/C15H18N2O3/c1-10(19)16-13-6-3-12(4-7-13)15(20)17-14-5-2-11(8-14)9-18/h2-7,11,14,18H,8-9H2,1H3,(H,16,19)(H,17,20)/t11-,14+/m0/s1. The fraction of sp³-hybridized carbons (Fsp3) is 0.333. The third-order valence-electron chi connectivity index (χ3n) is 3.19. The molecule has 106 valence electrons. The average molecular weight is 274 g/mol. The van der Waals surface area contributed by atoms with Crippen LogP contribution in [0, 0.1) is 5.92 Å². The van der Waals surface area contributed by atoms with Gasteiger partial charge in [-0.25, -0.2) is 0 Å². The van der Waals surface area contributed by atoms with Gasteiger partial charge in [-0.3, -0.25) is 9.59 Å². The summed E-state index contributed by atoms with van der Waals surface area (Å²) in [5.41, 5.74) is 1.20. The molecule has 1 aromatic rings. The van der Waals surface area contributed by atoms with Gasteiger partial charge in [-0.1, -0.05) is 12.2 Å². The Hall–Kier alpha value is -2.14. The molecule has 3 N–H and O–H groups in total. The Labute approximate surface area is 117 Å². The summed E-state index contributed by atoms with van der Waals surface area (Å²) in [6.07, 6.45) is 4.56. The predicted molar refractivity (Wildman–Crippen MR) is 76.3 cm³/mol. The first-order chi connectivity index (χ1) is 9.58. The molecular formula is C15H18N2O3. The number of aliphatic hydroxyl groups is 1. The minimum absolute atomic E-state index is 0.0327. The highest BCUT2D eigenvalue weighted by Crippen LogP contribution is 2.17. The van der Waals surface area contributed by atoms with Gasteiger partial charge in [0.15, 0.2) is 0 Å². The average Bonchev–Trinajstić information content (AvgIpc) is 2.86. The van der Waals surface area contributed by atoms with Crippen LogP contribution in [0.4, 0.5) is 5.69 Å². The number of carbonyl (C=O) groups excluding carboxylic acids is 2. The van der Waals surface area contributed by atoms with Gasteiger partial charge in [-0.05, 0) is 30.7 Å². The SMILES string of the molecule is CC(=O)Nc1ccc(C(=O)N[C@@H]2C=C[C@H](CO)C2)cc1. The summed E-state index contributed by atoms with van der Waals surface area (Å²) in [6, 6.07) is 6.69. The van der Waals surface area contributed by atoms with Crippen LogP contribution < -0.4 is 10.6 Å². The van der Waals surface area contributed by atoms with Crippen LogP contribution in [0.25, 0.3) is 0 Å². The van der Waals surface area contributed by atoms with E-state index in [1.54, 1.807) is 24.3 Å². The molecule has 0 fully saturated rings. The number of aliphatic hydroxyl groups excluding tert-OH is 1. The molecule has 1 aliphatic carbocycles. The normalized spacial score (nSPS) is 20.7. The molecule has 0 heterocycles. The van der Waals surface area contributed by atoms with Gasteiger partial charge in [-0.15, -0.1) is 0 Å². The maximum absolute atomic E-state index is 12.0. The molecule has 0 radical (unpaired) electrons. The number of hydrogen-bond acceptors (Lipinski definition) is 3. The Balaban J connectivity index is 1.93. The van der Waals surface area contributed by atoms with Crippen molar-refractivity contribution in [3.63, 3.8) is 0 Å². The van der Waals surface area contributed by atoms with E-state index in [-0.39, 0.29) is 30.4 Å². The number of rotatable bonds is 4. The lowest BCUT2D eigenvalue weighted by Crippen LogP contribution is -2.32. The Morgan fingerprint density at radius 3 is 2.50 bits per heavy atom. The zero-order valence-corrected chi connectivity index (χ0v) is 11.3. The molecule has 2 amide bonds. The van der Waals surface area contributed by atoms with Crippen LogP contribution in [-0.2, 0) is 4.79 Å². The van der Waals surface area contributed by atoms with E-state index in [1.807, 2.05) is 12.2 Å². The number of benzene rings is 1. The molecule has 2 atom stereocenters. The van der Waals surface area contributed by atoms with Gasteiger partial charge in [0.25, 0.3) is 5.91 Å². The molecule has 20 heavy (non-hydrogen) atoms. The molecule has 2 rings (SSSR count). The Morgan fingerprint density at radius 2 is 1.95 bits per heavy atom. The maximum atomic E-state index is 12.0. The van der Waals surface area contributed by atoms with E-state index in [1.165, 1.54) is 6.92 Å². The molecule has 0 saturated heterocycles. The zero-order valence-electron chi connectivity index (χ0n) is 11.3. The van der Waals surface area contributed by atoms with Gasteiger partial charge < -0.3 is 15.7 Å². The number of carbonyl (C=O) groups is 2. The van der Waals surface area contributed by atoms with E-state index in [0.717, 1.165) is 6.42 Å². The number of anilines is 1. The minimum atomic E-state index is -0.160. The van der Waals surface area contributed by atoms with Crippen LogP contribution in [0.3, 0.4) is 0 Å². The maximum Gasteiger partial charge on any atom is 0.251 e. The van der Waals surface area contributed by atoms with Gasteiger partial charge in [0.1, 0.15) is 0 Å². The first-order valence-corrected chi connectivity index (χ1v) is 6.56. The summed E-state index contributed by atoms with van der Waals surface area (Å²) in [5.74, 6) is -0.177. The van der Waals surface area contributed by atoms with Crippen LogP contribution in [0.15, 0.2) is 36.4 Å². The van der Waals surface area contributed by atoms with Crippen LogP contribution in [0.1, 0.15) is 23.7 Å². The Bertz CT molecular complexity index is 522. The lowest BCUT2D eigenvalue weighted by molar-refractivity contribution is -0.114. The van der Waals surface area contributed by atoms with Crippen molar-refractivity contribution in [1.29, 1.82) is 0 Å². The lowest BCUT2D eigenvalue weighted by atomic mass is 10.1. The predicted octanol–water partition coefficient (Wildman–Crippen LogP) is 1.31. The minimum Gasteiger partial charge on any atom is -0.396 e. The monoisotopic (exact) mass is 274 g/mol. The van der Waals surface area contributed by atoms with Gasteiger partial charge in [0, 0.05) is 36.7 Å². The molecule has 0 aliphatic heterocycles. The second-order valence-corrected chi connectivity index (χ2v) is 4.90. The van der Waals surface area contributed by atoms with Crippen LogP contribution in [0.5, 0.6) is 0 Å². The summed E-state index contributed by atoms with van der Waals surface area (Å²) in [5, 5.41) is 14.6. The number of hydrogen-bond donors (Lipinski definition) is 3. The fourth-order valence-corrected chi connectivity index (χ4v) is 2.18. The molecular weight excluding hydrogens is 256 g/mol. The molecule has 5 heteroatoms. The summed E-state index contributed by atoms with van der Waals surface area (Å²) < 4.78 is 0. The van der Waals surface area contributed by atoms with Gasteiger partial charge in [0.05, 0.1) is 0 Å². The lowest BCUT2D eigenvalue weighted by Gasteiger charge is -2.13. The largest absolute Gasteiger partial charge is 0.396 e. The molecule has 0 saturated carbocycles. The molecule has 1 aromatic carbocycles. The third kappa shape index (κ3) is 3.68. The second kappa shape index (κ2) is 6.34. The molecule has 0 spiro atoms. The van der Waals surface area contributed by atoms with Gasteiger partial charge in [0.2, 0.25) is 5.91 Å². The van der Waals surface area contributed by atoms with E-state index in [2.05, 4.69) is 10.6 Å². The molecule has 0 bridgehead atoms. The third-order valence-corrected chi connectivity index (χ3v) is 3.19. The van der Waals surface area contributed by atoms with Crippen molar-refractivity contribution >= 4 is 17.5 Å². The Morgan fingerprint density at radius 1 is 1.25 bits per heavy atom. The van der Waals surface area contributed by atoms with E-state index >= 15 is 0 Å². The zero-order chi connectivity index (χ0) is 14.5. The molecule has 5 nitrogen and oxygen atoms in total. The van der Waals surface area contributed by atoms with Crippen LogP contribution >= 0.6 is 0 Å². The van der Waals surface area contributed by atoms with Crippen molar-refractivity contribution in [2.75, 3.05) is 11.9 Å². The molecule has 0 aromatic heterocycles. The summed E-state index contributed by atoms with van der Waals surface area (Å²) >= 11 is 0. The first kappa shape index (κ1) is 14.3. The van der Waals surface area contributed by atoms with E-state index in [9.17, 15) is 9.59 Å². The van der Waals surface area contributed by atoms with Crippen molar-refractivity contribution in [1.82, 2.24) is 5.32 Å². The number of nitrogens with one attached hydrogen (secondary N) is 2. The van der Waals surface area contributed by atoms with Crippen LogP contribution in [0.2, 0.25) is 0 Å². The summed E-state index contributed by atoms with van der Waals surface area (Å²) in [4.78, 5) is 22.9. The highest BCUT2D eigenvalue weighted by Gasteiger charge is 2.20. The van der Waals surface area contributed by atoms with Crippen molar-refractivity contribution in [3.05, 3.63) is 42.0 Å².